The Morgan fingerprint density at radius 1 is 1.33 bits per heavy atom. The normalized spacial score (nSPS) is 16.4. The van der Waals surface area contributed by atoms with Crippen molar-refractivity contribution in [1.29, 1.82) is 5.26 Å². The summed E-state index contributed by atoms with van der Waals surface area (Å²) in [7, 11) is 1.31. The maximum atomic E-state index is 12.9. The van der Waals surface area contributed by atoms with E-state index in [1.807, 2.05) is 11.4 Å². The lowest BCUT2D eigenvalue weighted by molar-refractivity contribution is -0.136. The van der Waals surface area contributed by atoms with E-state index >= 15 is 0 Å². The van der Waals surface area contributed by atoms with Gasteiger partial charge in [0.05, 0.1) is 41.9 Å². The zero-order valence-electron chi connectivity index (χ0n) is 17.1. The summed E-state index contributed by atoms with van der Waals surface area (Å²) in [5, 5.41) is 15.3. The van der Waals surface area contributed by atoms with Crippen molar-refractivity contribution in [3.63, 3.8) is 0 Å². The quantitative estimate of drug-likeness (QED) is 0.518. The molecule has 0 saturated heterocycles. The van der Waals surface area contributed by atoms with Gasteiger partial charge in [0, 0.05) is 23.7 Å². The van der Waals surface area contributed by atoms with Crippen molar-refractivity contribution in [3.05, 3.63) is 57.2 Å². The van der Waals surface area contributed by atoms with Crippen molar-refractivity contribution >= 4 is 33.2 Å². The Kier molecular flexibility index (Phi) is 6.67. The van der Waals surface area contributed by atoms with Crippen LogP contribution in [0.1, 0.15) is 30.9 Å². The van der Waals surface area contributed by atoms with E-state index in [9.17, 15) is 14.9 Å². The third-order valence-corrected chi connectivity index (χ3v) is 6.05. The first kappa shape index (κ1) is 21.7. The van der Waals surface area contributed by atoms with Gasteiger partial charge in [0.1, 0.15) is 6.07 Å². The van der Waals surface area contributed by atoms with Crippen LogP contribution in [0, 0.1) is 11.3 Å². The summed E-state index contributed by atoms with van der Waals surface area (Å²) in [4.78, 5) is 25.5. The van der Waals surface area contributed by atoms with Crippen molar-refractivity contribution in [1.82, 2.24) is 5.32 Å². The number of nitrogens with two attached hydrogens (primary N) is 1. The van der Waals surface area contributed by atoms with Gasteiger partial charge in [0.15, 0.2) is 5.78 Å². The minimum atomic E-state index is -0.629. The molecule has 1 aliphatic heterocycles. The highest BCUT2D eigenvalue weighted by molar-refractivity contribution is 7.17. The average Bonchev–Trinajstić information content (AvgIpc) is 3.16. The van der Waals surface area contributed by atoms with E-state index in [2.05, 4.69) is 11.4 Å². The Hall–Kier alpha value is -2.99. The molecular weight excluding hydrogens is 402 g/mol. The number of rotatable bonds is 7. The smallest absolute Gasteiger partial charge is 0.336 e. The first-order valence-corrected chi connectivity index (χ1v) is 10.3. The number of allylic oxidation sites excluding steroid dienone is 2. The molecule has 1 aromatic heterocycles. The molecule has 3 N–H and O–H groups in total. The monoisotopic (exact) mass is 425 g/mol. The second-order valence-corrected chi connectivity index (χ2v) is 7.74. The van der Waals surface area contributed by atoms with Gasteiger partial charge in [-0.05, 0) is 36.2 Å². The number of nitriles is 1. The number of nitrogens with one attached hydrogen (secondary N) is 1. The maximum Gasteiger partial charge on any atom is 0.336 e. The summed E-state index contributed by atoms with van der Waals surface area (Å²) < 4.78 is 11.5. The Morgan fingerprint density at radius 2 is 2.10 bits per heavy atom. The van der Waals surface area contributed by atoms with E-state index in [1.54, 1.807) is 19.1 Å². The van der Waals surface area contributed by atoms with Gasteiger partial charge in [0.2, 0.25) is 0 Å². The van der Waals surface area contributed by atoms with Crippen LogP contribution in [0.4, 0.5) is 0 Å². The molecule has 2 heterocycles. The number of ketones is 1. The van der Waals surface area contributed by atoms with Crippen LogP contribution in [0.3, 0.4) is 0 Å². The molecule has 0 saturated carbocycles. The van der Waals surface area contributed by atoms with Gasteiger partial charge < -0.3 is 20.5 Å². The molecule has 8 heteroatoms. The number of ether oxygens (including phenoxy) is 2. The molecule has 1 aliphatic rings. The lowest BCUT2D eigenvalue weighted by atomic mass is 9.78. The summed E-state index contributed by atoms with van der Waals surface area (Å²) in [6.07, 6.45) is 0. The van der Waals surface area contributed by atoms with Crippen LogP contribution in [0.25, 0.3) is 10.1 Å². The Bertz CT molecular complexity index is 1110. The van der Waals surface area contributed by atoms with Crippen LogP contribution in [-0.2, 0) is 19.1 Å². The number of nitrogens with zero attached hydrogens (tertiary/aromatic N) is 1. The van der Waals surface area contributed by atoms with Gasteiger partial charge in [-0.15, -0.1) is 11.3 Å². The third-order valence-electron chi connectivity index (χ3n) is 5.00. The molecule has 7 nitrogen and oxygen atoms in total. The van der Waals surface area contributed by atoms with Crippen molar-refractivity contribution in [2.24, 2.45) is 5.73 Å². The second kappa shape index (κ2) is 9.22. The van der Waals surface area contributed by atoms with Gasteiger partial charge in [-0.2, -0.15) is 5.26 Å². The average molecular weight is 426 g/mol. The molecule has 0 bridgehead atoms. The van der Waals surface area contributed by atoms with Gasteiger partial charge in [-0.25, -0.2) is 4.79 Å². The topological polar surface area (TPSA) is 114 Å². The van der Waals surface area contributed by atoms with Crippen LogP contribution in [0.15, 0.2) is 46.1 Å². The molecule has 0 aliphatic carbocycles. The fourth-order valence-corrected chi connectivity index (χ4v) is 4.85. The largest absolute Gasteiger partial charge is 0.466 e. The Balaban J connectivity index is 2.27. The van der Waals surface area contributed by atoms with Crippen LogP contribution < -0.4 is 11.1 Å². The molecule has 156 valence electrons. The lowest BCUT2D eigenvalue weighted by Gasteiger charge is -2.31. The SMILES string of the molecule is COC(=O)C1=C(COCCN)NC(C)=C(C(C)=O)C1c1csc2c(C#N)cccc12. The summed E-state index contributed by atoms with van der Waals surface area (Å²) in [6.45, 7) is 4.10. The summed E-state index contributed by atoms with van der Waals surface area (Å²) in [5.74, 6) is -1.32. The number of methoxy groups -OCH3 is 1. The summed E-state index contributed by atoms with van der Waals surface area (Å²) >= 11 is 1.42. The molecule has 0 fully saturated rings. The van der Waals surface area contributed by atoms with E-state index in [1.165, 1.54) is 25.4 Å². The molecule has 0 radical (unpaired) electrons. The Labute approximate surface area is 178 Å². The first-order chi connectivity index (χ1) is 14.4. The predicted molar refractivity (Wildman–Crippen MR) is 115 cm³/mol. The van der Waals surface area contributed by atoms with Gasteiger partial charge in [-0.3, -0.25) is 4.79 Å². The second-order valence-electron chi connectivity index (χ2n) is 6.86. The highest BCUT2D eigenvalue weighted by atomic mass is 32.1. The maximum absolute atomic E-state index is 12.9. The molecular formula is C22H23N3O4S. The fraction of sp³-hybridized carbons (Fsp3) is 0.318. The first-order valence-electron chi connectivity index (χ1n) is 9.42. The summed E-state index contributed by atoms with van der Waals surface area (Å²) in [5.41, 5.74) is 8.86. The molecule has 1 atom stereocenters. The van der Waals surface area contributed by atoms with Gasteiger partial charge >= 0.3 is 5.97 Å². The summed E-state index contributed by atoms with van der Waals surface area (Å²) in [6, 6.07) is 7.65. The number of esters is 1. The van der Waals surface area contributed by atoms with Crippen LogP contribution in [0.5, 0.6) is 0 Å². The number of carbonyl (C=O) groups excluding carboxylic acids is 2. The van der Waals surface area contributed by atoms with Crippen molar-refractivity contribution in [2.75, 3.05) is 26.9 Å². The Morgan fingerprint density at radius 3 is 2.73 bits per heavy atom. The molecule has 1 unspecified atom stereocenters. The highest BCUT2D eigenvalue weighted by Gasteiger charge is 2.38. The highest BCUT2D eigenvalue weighted by Crippen LogP contribution is 2.44. The van der Waals surface area contributed by atoms with Crippen LogP contribution in [0.2, 0.25) is 0 Å². The molecule has 0 amide bonds. The molecule has 1 aromatic carbocycles. The minimum absolute atomic E-state index is 0.131. The minimum Gasteiger partial charge on any atom is -0.466 e. The van der Waals surface area contributed by atoms with Crippen molar-refractivity contribution < 1.29 is 19.1 Å². The number of thiophene rings is 1. The van der Waals surface area contributed by atoms with E-state index in [-0.39, 0.29) is 12.4 Å². The number of carbonyl (C=O) groups is 2. The van der Waals surface area contributed by atoms with Gasteiger partial charge in [0.25, 0.3) is 0 Å². The number of dihydropyridines is 1. The zero-order chi connectivity index (χ0) is 21.8. The van der Waals surface area contributed by atoms with Crippen LogP contribution in [-0.4, -0.2) is 38.6 Å². The van der Waals surface area contributed by atoms with E-state index in [0.717, 1.165) is 15.6 Å². The lowest BCUT2D eigenvalue weighted by Crippen LogP contribution is -2.33. The number of hydrogen-bond acceptors (Lipinski definition) is 8. The number of benzene rings is 1. The predicted octanol–water partition coefficient (Wildman–Crippen LogP) is 2.73. The standard InChI is InChI=1S/C22H23N3O4S/c1-12-18(13(2)26)19(16-11-30-21-14(9-24)5-4-6-15(16)21)20(22(27)28-3)17(25-12)10-29-8-7-23/h4-6,11,19,25H,7-8,10,23H2,1-3H3. The number of fused-ring (bicyclic) bond motifs is 1. The third kappa shape index (κ3) is 3.87. The molecule has 2 aromatic rings. The van der Waals surface area contributed by atoms with E-state index in [4.69, 9.17) is 15.2 Å². The van der Waals surface area contributed by atoms with Crippen LogP contribution >= 0.6 is 11.3 Å². The number of hydrogen-bond donors (Lipinski definition) is 2. The van der Waals surface area contributed by atoms with Gasteiger partial charge in [-0.1, -0.05) is 12.1 Å². The van der Waals surface area contributed by atoms with E-state index in [0.29, 0.717) is 41.3 Å². The fourth-order valence-electron chi connectivity index (χ4n) is 3.79. The zero-order valence-corrected chi connectivity index (χ0v) is 17.9. The van der Waals surface area contributed by atoms with Crippen molar-refractivity contribution in [3.8, 4) is 6.07 Å². The molecule has 3 rings (SSSR count). The van der Waals surface area contributed by atoms with E-state index < -0.39 is 11.9 Å². The van der Waals surface area contributed by atoms with Crippen molar-refractivity contribution in [2.45, 2.75) is 19.8 Å². The number of Topliss-reactive ketones (excluding diaryl/α,β-unsaturated/α-hetero) is 1. The molecule has 0 spiro atoms. The molecule has 30 heavy (non-hydrogen) atoms.